The normalized spacial score (nSPS) is 11.4. The number of rotatable bonds is 3. The van der Waals surface area contributed by atoms with E-state index in [0.717, 1.165) is 11.1 Å². The molecular formula is C22H14FN9. The van der Waals surface area contributed by atoms with Crippen LogP contribution in [0.3, 0.4) is 0 Å². The zero-order valence-corrected chi connectivity index (χ0v) is 16.4. The van der Waals surface area contributed by atoms with E-state index >= 15 is 4.39 Å². The predicted molar refractivity (Wildman–Crippen MR) is 118 cm³/mol. The molecule has 0 unspecified atom stereocenters. The third kappa shape index (κ3) is 2.77. The van der Waals surface area contributed by atoms with Crippen LogP contribution in [0.5, 0.6) is 0 Å². The summed E-state index contributed by atoms with van der Waals surface area (Å²) >= 11 is 0. The van der Waals surface area contributed by atoms with Crippen LogP contribution < -0.4 is 5.73 Å². The van der Waals surface area contributed by atoms with E-state index in [4.69, 9.17) is 10.7 Å². The van der Waals surface area contributed by atoms with E-state index < -0.39 is 5.82 Å². The lowest BCUT2D eigenvalue weighted by Crippen LogP contribution is -1.94. The fourth-order valence-electron chi connectivity index (χ4n) is 3.70. The number of nitrogens with one attached hydrogen (secondary N) is 2. The highest BCUT2D eigenvalue weighted by Crippen LogP contribution is 2.33. The van der Waals surface area contributed by atoms with Crippen LogP contribution in [-0.4, -0.2) is 40.1 Å². The lowest BCUT2D eigenvalue weighted by atomic mass is 10.1. The van der Waals surface area contributed by atoms with Crippen LogP contribution in [-0.2, 0) is 0 Å². The number of hydrogen-bond donors (Lipinski definition) is 3. The van der Waals surface area contributed by atoms with E-state index in [-0.39, 0.29) is 11.1 Å². The highest BCUT2D eigenvalue weighted by atomic mass is 19.1. The lowest BCUT2D eigenvalue weighted by molar-refractivity contribution is 0.638. The van der Waals surface area contributed by atoms with Crippen molar-refractivity contribution in [2.75, 3.05) is 5.73 Å². The summed E-state index contributed by atoms with van der Waals surface area (Å²) in [5, 5.41) is 7.41. The Labute approximate surface area is 179 Å². The fraction of sp³-hybridized carbons (Fsp3) is 0. The van der Waals surface area contributed by atoms with Gasteiger partial charge in [-0.2, -0.15) is 5.10 Å². The molecule has 0 aliphatic heterocycles. The number of nitrogens with zero attached hydrogens (tertiary/aromatic N) is 6. The van der Waals surface area contributed by atoms with E-state index in [1.165, 1.54) is 18.6 Å². The highest BCUT2D eigenvalue weighted by molar-refractivity contribution is 5.97. The molecule has 9 nitrogen and oxygen atoms in total. The van der Waals surface area contributed by atoms with Gasteiger partial charge in [0.1, 0.15) is 16.9 Å². The predicted octanol–water partition coefficient (Wildman–Crippen LogP) is 3.74. The van der Waals surface area contributed by atoms with Crippen molar-refractivity contribution in [3.8, 4) is 34.0 Å². The van der Waals surface area contributed by atoms with Crippen molar-refractivity contribution >= 4 is 27.6 Å². The Morgan fingerprint density at radius 3 is 2.53 bits per heavy atom. The van der Waals surface area contributed by atoms with Crippen LogP contribution in [0.15, 0.2) is 61.4 Å². The largest absolute Gasteiger partial charge is 0.397 e. The Morgan fingerprint density at radius 1 is 0.812 bits per heavy atom. The summed E-state index contributed by atoms with van der Waals surface area (Å²) in [4.78, 5) is 24.7. The maximum absolute atomic E-state index is 15.6. The molecule has 154 valence electrons. The van der Waals surface area contributed by atoms with Crippen LogP contribution in [0.4, 0.5) is 10.1 Å². The Bertz CT molecular complexity index is 1600. The molecule has 0 atom stereocenters. The van der Waals surface area contributed by atoms with Gasteiger partial charge in [0.25, 0.3) is 0 Å². The summed E-state index contributed by atoms with van der Waals surface area (Å²) in [5.41, 5.74) is 10.6. The maximum Gasteiger partial charge on any atom is 0.161 e. The van der Waals surface area contributed by atoms with Crippen LogP contribution in [0.2, 0.25) is 0 Å². The third-order valence-electron chi connectivity index (χ3n) is 5.16. The molecule has 0 aromatic carbocycles. The molecule has 0 amide bonds. The van der Waals surface area contributed by atoms with Gasteiger partial charge in [-0.1, -0.05) is 0 Å². The first-order valence-corrected chi connectivity index (χ1v) is 9.68. The van der Waals surface area contributed by atoms with Gasteiger partial charge in [-0.15, -0.1) is 0 Å². The van der Waals surface area contributed by atoms with Crippen LogP contribution >= 0.6 is 0 Å². The van der Waals surface area contributed by atoms with Crippen molar-refractivity contribution in [2.24, 2.45) is 0 Å². The molecule has 6 aromatic rings. The molecule has 0 fully saturated rings. The first kappa shape index (κ1) is 18.1. The molecular weight excluding hydrogens is 409 g/mol. The monoisotopic (exact) mass is 423 g/mol. The third-order valence-corrected chi connectivity index (χ3v) is 5.16. The van der Waals surface area contributed by atoms with E-state index in [1.54, 1.807) is 24.7 Å². The van der Waals surface area contributed by atoms with Gasteiger partial charge < -0.3 is 10.7 Å². The summed E-state index contributed by atoms with van der Waals surface area (Å²) in [6.45, 7) is 0. The fourth-order valence-corrected chi connectivity index (χ4v) is 3.70. The number of pyridine rings is 4. The topological polar surface area (TPSA) is 135 Å². The summed E-state index contributed by atoms with van der Waals surface area (Å²) in [7, 11) is 0. The van der Waals surface area contributed by atoms with Crippen molar-refractivity contribution in [3.05, 3.63) is 67.3 Å². The van der Waals surface area contributed by atoms with E-state index in [1.807, 2.05) is 18.2 Å². The molecule has 6 heterocycles. The van der Waals surface area contributed by atoms with Crippen LogP contribution in [0, 0.1) is 5.82 Å². The van der Waals surface area contributed by atoms with Gasteiger partial charge in [0.2, 0.25) is 0 Å². The summed E-state index contributed by atoms with van der Waals surface area (Å²) < 4.78 is 15.6. The Kier molecular flexibility index (Phi) is 3.90. The van der Waals surface area contributed by atoms with Gasteiger partial charge in [-0.05, 0) is 24.3 Å². The number of H-pyrrole nitrogens is 2. The van der Waals surface area contributed by atoms with Gasteiger partial charge in [0, 0.05) is 42.1 Å². The summed E-state index contributed by atoms with van der Waals surface area (Å²) in [6, 6.07) is 7.15. The molecule has 0 spiro atoms. The number of aromatic amines is 2. The number of fused-ring (bicyclic) bond motifs is 2. The zero-order chi connectivity index (χ0) is 21.7. The standard InChI is InChI=1S/C22H14FN9/c23-17-16-15(10-28-18(17)12-7-13(24)9-26-8-12)31-32-21(16)22-29-14-3-6-27-19(20(14)30-22)11-1-4-25-5-2-11/h1-10H,24H2,(H,29,30)(H,31,32). The minimum Gasteiger partial charge on any atom is -0.397 e. The van der Waals surface area contributed by atoms with Crippen molar-refractivity contribution < 1.29 is 4.39 Å². The van der Waals surface area contributed by atoms with Crippen molar-refractivity contribution in [1.29, 1.82) is 0 Å². The second-order valence-electron chi connectivity index (χ2n) is 7.17. The van der Waals surface area contributed by atoms with Crippen LogP contribution in [0.25, 0.3) is 56.0 Å². The number of nitrogens with two attached hydrogens (primary N) is 1. The first-order valence-electron chi connectivity index (χ1n) is 9.68. The van der Waals surface area contributed by atoms with Crippen LogP contribution in [0.1, 0.15) is 0 Å². The first-order chi connectivity index (χ1) is 15.7. The minimum atomic E-state index is -0.536. The molecule has 0 aliphatic rings. The lowest BCUT2D eigenvalue weighted by Gasteiger charge is -2.04. The van der Waals surface area contributed by atoms with E-state index in [2.05, 4.69) is 35.1 Å². The number of hydrogen-bond acceptors (Lipinski definition) is 7. The Morgan fingerprint density at radius 2 is 1.69 bits per heavy atom. The second kappa shape index (κ2) is 6.91. The molecule has 4 N–H and O–H groups in total. The number of anilines is 1. The summed E-state index contributed by atoms with van der Waals surface area (Å²) in [5.74, 6) is -0.122. The summed E-state index contributed by atoms with van der Waals surface area (Å²) in [6.07, 6.45) is 9.62. The van der Waals surface area contributed by atoms with Gasteiger partial charge in [-0.25, -0.2) is 9.37 Å². The molecule has 0 saturated heterocycles. The molecule has 0 radical (unpaired) electrons. The maximum atomic E-state index is 15.6. The van der Waals surface area contributed by atoms with Gasteiger partial charge in [0.15, 0.2) is 11.6 Å². The molecule has 6 aromatic heterocycles. The average Bonchev–Trinajstić information content (AvgIpc) is 3.44. The minimum absolute atomic E-state index is 0.134. The van der Waals surface area contributed by atoms with Crippen molar-refractivity contribution in [2.45, 2.75) is 0 Å². The highest BCUT2D eigenvalue weighted by Gasteiger charge is 2.21. The average molecular weight is 423 g/mol. The smallest absolute Gasteiger partial charge is 0.161 e. The second-order valence-corrected chi connectivity index (χ2v) is 7.17. The zero-order valence-electron chi connectivity index (χ0n) is 16.4. The van der Waals surface area contributed by atoms with Crippen molar-refractivity contribution in [1.82, 2.24) is 40.1 Å². The Balaban J connectivity index is 1.55. The molecule has 32 heavy (non-hydrogen) atoms. The molecule has 0 aliphatic carbocycles. The number of imidazole rings is 1. The van der Waals surface area contributed by atoms with Gasteiger partial charge >= 0.3 is 0 Å². The van der Waals surface area contributed by atoms with E-state index in [0.29, 0.717) is 39.5 Å². The molecule has 0 bridgehead atoms. The van der Waals surface area contributed by atoms with Crippen molar-refractivity contribution in [3.63, 3.8) is 0 Å². The Hall–Kier alpha value is -4.73. The molecule has 6 rings (SSSR count). The van der Waals surface area contributed by atoms with E-state index in [9.17, 15) is 0 Å². The molecule has 0 saturated carbocycles. The van der Waals surface area contributed by atoms with Gasteiger partial charge in [0.05, 0.1) is 34.0 Å². The number of nitrogen functional groups attached to an aromatic ring is 1. The van der Waals surface area contributed by atoms with Gasteiger partial charge in [-0.3, -0.25) is 25.0 Å². The number of aromatic nitrogens is 8. The quantitative estimate of drug-likeness (QED) is 0.394. The SMILES string of the molecule is Nc1cncc(-c2ncc3[nH]nc(-c4nc5c(-c6ccncc6)nccc5[nH]4)c3c2F)c1. The number of halogens is 1. The molecule has 10 heteroatoms.